The van der Waals surface area contributed by atoms with Crippen molar-refractivity contribution in [1.29, 1.82) is 0 Å². The van der Waals surface area contributed by atoms with Crippen LogP contribution in [-0.2, 0) is 16.2 Å². The number of rotatable bonds is 10. The van der Waals surface area contributed by atoms with Crippen molar-refractivity contribution in [2.75, 3.05) is 26.2 Å². The number of pyridine rings is 1. The summed E-state index contributed by atoms with van der Waals surface area (Å²) in [6.45, 7) is 9.28. The van der Waals surface area contributed by atoms with Crippen LogP contribution in [0.5, 0.6) is 5.75 Å². The molecule has 0 radical (unpaired) electrons. The van der Waals surface area contributed by atoms with Gasteiger partial charge in [0.15, 0.2) is 0 Å². The number of aliphatic hydroxyl groups excluding tert-OH is 1. The van der Waals surface area contributed by atoms with Crippen LogP contribution < -0.4 is 4.74 Å². The molecule has 3 aromatic rings. The fraction of sp³-hybridized carbons (Fsp3) is 0.300. The monoisotopic (exact) mass is 499 g/mol. The Morgan fingerprint density at radius 1 is 1.03 bits per heavy atom. The third-order valence-corrected chi connectivity index (χ3v) is 6.73. The van der Waals surface area contributed by atoms with E-state index in [1.165, 1.54) is 5.56 Å². The molecule has 7 nitrogen and oxygen atoms in total. The van der Waals surface area contributed by atoms with E-state index in [4.69, 9.17) is 4.74 Å². The molecule has 4 rings (SSSR count). The molecular weight excluding hydrogens is 466 g/mol. The lowest BCUT2D eigenvalue weighted by Gasteiger charge is -2.28. The van der Waals surface area contributed by atoms with Gasteiger partial charge < -0.3 is 19.6 Å². The van der Waals surface area contributed by atoms with Crippen LogP contribution in [0.2, 0.25) is 0 Å². The van der Waals surface area contributed by atoms with E-state index in [0.29, 0.717) is 31.0 Å². The first kappa shape index (κ1) is 26.1. The Hall–Kier alpha value is -3.97. The average Bonchev–Trinajstić information content (AvgIpc) is 3.18. The van der Waals surface area contributed by atoms with Crippen LogP contribution in [0.4, 0.5) is 0 Å². The van der Waals surface area contributed by atoms with Crippen molar-refractivity contribution in [3.05, 3.63) is 101 Å². The summed E-state index contributed by atoms with van der Waals surface area (Å²) in [5.74, 6) is -0.841. The standard InChI is InChI=1S/C30H33N3O4/c1-4-32(5-2)17-18-33-27(23-13-15-31-16-14-23)26(29(35)30(33)36)28(34)24-9-11-25(12-10-24)37-20-22-8-6-7-21(3)19-22/h6-16,19,27,34H,4-5,17-18,20H2,1-3H3/t27-/m1/s1. The molecule has 0 spiro atoms. The topological polar surface area (TPSA) is 83.0 Å². The number of hydrogen-bond donors (Lipinski definition) is 1. The van der Waals surface area contributed by atoms with Gasteiger partial charge in [-0.05, 0) is 67.5 Å². The van der Waals surface area contributed by atoms with Crippen LogP contribution in [0.1, 0.15) is 42.1 Å². The Labute approximate surface area is 218 Å². The molecule has 0 saturated carbocycles. The molecule has 0 unspecified atom stereocenters. The number of carbonyl (C=O) groups excluding carboxylic acids is 2. The molecule has 1 saturated heterocycles. The second-order valence-corrected chi connectivity index (χ2v) is 9.10. The Balaban J connectivity index is 1.61. The number of aromatic nitrogens is 1. The van der Waals surface area contributed by atoms with E-state index in [9.17, 15) is 14.7 Å². The van der Waals surface area contributed by atoms with Gasteiger partial charge in [-0.1, -0.05) is 43.7 Å². The zero-order chi connectivity index (χ0) is 26.4. The number of ketones is 1. The number of likely N-dealkylation sites (tertiary alicyclic amines) is 1. The minimum atomic E-state index is -0.684. The van der Waals surface area contributed by atoms with Crippen LogP contribution >= 0.6 is 0 Å². The first-order valence-corrected chi connectivity index (χ1v) is 12.6. The maximum Gasteiger partial charge on any atom is 0.295 e. The molecule has 37 heavy (non-hydrogen) atoms. The van der Waals surface area contributed by atoms with Gasteiger partial charge in [0.05, 0.1) is 11.6 Å². The van der Waals surface area contributed by atoms with Gasteiger partial charge in [-0.15, -0.1) is 0 Å². The minimum absolute atomic E-state index is 0.0872. The molecule has 2 heterocycles. The van der Waals surface area contributed by atoms with Crippen LogP contribution in [-0.4, -0.2) is 57.8 Å². The molecule has 1 aliphatic heterocycles. The summed E-state index contributed by atoms with van der Waals surface area (Å²) in [5, 5.41) is 11.3. The number of ether oxygens (including phenoxy) is 1. The van der Waals surface area contributed by atoms with Gasteiger partial charge in [-0.25, -0.2) is 0 Å². The molecule has 7 heteroatoms. The highest BCUT2D eigenvalue weighted by atomic mass is 16.5. The normalized spacial score (nSPS) is 17.0. The Bertz CT molecular complexity index is 1270. The number of hydrogen-bond acceptors (Lipinski definition) is 6. The maximum atomic E-state index is 13.2. The van der Waals surface area contributed by atoms with Crippen molar-refractivity contribution in [1.82, 2.24) is 14.8 Å². The zero-order valence-corrected chi connectivity index (χ0v) is 21.6. The molecule has 0 bridgehead atoms. The number of Topliss-reactive ketones (excluding diaryl/α,β-unsaturated/α-hetero) is 1. The van der Waals surface area contributed by atoms with Crippen LogP contribution in [0.3, 0.4) is 0 Å². The molecule has 1 amide bonds. The number of aryl methyl sites for hydroxylation is 1. The van der Waals surface area contributed by atoms with Crippen molar-refractivity contribution < 1.29 is 19.4 Å². The van der Waals surface area contributed by atoms with Crippen molar-refractivity contribution in [3.8, 4) is 5.75 Å². The van der Waals surface area contributed by atoms with Gasteiger partial charge in [-0.3, -0.25) is 14.6 Å². The summed E-state index contributed by atoms with van der Waals surface area (Å²) in [4.78, 5) is 34.1. The fourth-order valence-electron chi connectivity index (χ4n) is 4.63. The predicted octanol–water partition coefficient (Wildman–Crippen LogP) is 4.73. The molecular formula is C30H33N3O4. The molecule has 192 valence electrons. The third kappa shape index (κ3) is 5.89. The number of carbonyl (C=O) groups is 2. The van der Waals surface area contributed by atoms with Crippen molar-refractivity contribution in [2.24, 2.45) is 0 Å². The van der Waals surface area contributed by atoms with Gasteiger partial charge in [0.2, 0.25) is 0 Å². The number of benzene rings is 2. The second kappa shape index (κ2) is 11.8. The SMILES string of the molecule is CCN(CC)CCN1C(=O)C(=O)C(=C(O)c2ccc(OCc3cccc(C)c3)cc2)[C@H]1c1ccncc1. The largest absolute Gasteiger partial charge is 0.507 e. The first-order valence-electron chi connectivity index (χ1n) is 12.6. The summed E-state index contributed by atoms with van der Waals surface area (Å²) in [6.07, 6.45) is 3.25. The number of nitrogens with zero attached hydrogens (tertiary/aromatic N) is 3. The highest BCUT2D eigenvalue weighted by molar-refractivity contribution is 6.46. The Morgan fingerprint density at radius 3 is 2.38 bits per heavy atom. The van der Waals surface area contributed by atoms with Gasteiger partial charge in [0, 0.05) is 31.0 Å². The highest BCUT2D eigenvalue weighted by Gasteiger charge is 2.45. The van der Waals surface area contributed by atoms with E-state index in [2.05, 4.69) is 29.8 Å². The van der Waals surface area contributed by atoms with Crippen LogP contribution in [0.15, 0.2) is 78.6 Å². The number of aliphatic hydroxyl groups is 1. The van der Waals surface area contributed by atoms with E-state index < -0.39 is 17.7 Å². The Morgan fingerprint density at radius 2 is 1.73 bits per heavy atom. The lowest BCUT2D eigenvalue weighted by Crippen LogP contribution is -2.38. The van der Waals surface area contributed by atoms with E-state index in [1.54, 1.807) is 53.7 Å². The Kier molecular flexibility index (Phi) is 8.36. The lowest BCUT2D eigenvalue weighted by molar-refractivity contribution is -0.140. The predicted molar refractivity (Wildman–Crippen MR) is 143 cm³/mol. The molecule has 1 atom stereocenters. The van der Waals surface area contributed by atoms with E-state index in [1.807, 2.05) is 25.1 Å². The van der Waals surface area contributed by atoms with Crippen molar-refractivity contribution in [2.45, 2.75) is 33.4 Å². The van der Waals surface area contributed by atoms with Gasteiger partial charge in [0.25, 0.3) is 11.7 Å². The number of amides is 1. The lowest BCUT2D eigenvalue weighted by atomic mass is 9.96. The van der Waals surface area contributed by atoms with Gasteiger partial charge in [-0.2, -0.15) is 0 Å². The van der Waals surface area contributed by atoms with Crippen molar-refractivity contribution >= 4 is 17.4 Å². The fourth-order valence-corrected chi connectivity index (χ4v) is 4.63. The summed E-state index contributed by atoms with van der Waals surface area (Å²) in [7, 11) is 0. The molecule has 1 N–H and O–H groups in total. The van der Waals surface area contributed by atoms with Crippen LogP contribution in [0, 0.1) is 6.92 Å². The molecule has 0 aliphatic carbocycles. The molecule has 2 aromatic carbocycles. The van der Waals surface area contributed by atoms with Crippen LogP contribution in [0.25, 0.3) is 5.76 Å². The van der Waals surface area contributed by atoms with Gasteiger partial charge >= 0.3 is 0 Å². The number of likely N-dealkylation sites (N-methyl/N-ethyl adjacent to an activating group) is 1. The smallest absolute Gasteiger partial charge is 0.295 e. The zero-order valence-electron chi connectivity index (χ0n) is 21.6. The summed E-state index contributed by atoms with van der Waals surface area (Å²) < 4.78 is 5.89. The minimum Gasteiger partial charge on any atom is -0.507 e. The maximum absolute atomic E-state index is 13.2. The summed E-state index contributed by atoms with van der Waals surface area (Å²) in [6, 6.07) is 17.9. The third-order valence-electron chi connectivity index (χ3n) is 6.73. The molecule has 1 aliphatic rings. The second-order valence-electron chi connectivity index (χ2n) is 9.10. The first-order chi connectivity index (χ1) is 17.9. The average molecular weight is 500 g/mol. The van der Waals surface area contributed by atoms with E-state index >= 15 is 0 Å². The van der Waals surface area contributed by atoms with Crippen molar-refractivity contribution in [3.63, 3.8) is 0 Å². The van der Waals surface area contributed by atoms with E-state index in [-0.39, 0.29) is 11.3 Å². The molecule has 1 aromatic heterocycles. The van der Waals surface area contributed by atoms with E-state index in [0.717, 1.165) is 24.2 Å². The summed E-state index contributed by atoms with van der Waals surface area (Å²) >= 11 is 0. The van der Waals surface area contributed by atoms with Gasteiger partial charge in [0.1, 0.15) is 18.1 Å². The summed E-state index contributed by atoms with van der Waals surface area (Å²) in [5.41, 5.74) is 3.49. The quantitative estimate of drug-likeness (QED) is 0.247. The molecule has 1 fully saturated rings. The highest BCUT2D eigenvalue weighted by Crippen LogP contribution is 2.39.